The molecule has 1 unspecified atom stereocenters. The maximum Gasteiger partial charge on any atom is 0.0718 e. The number of hydrogen-bond donors (Lipinski definition) is 2. The lowest BCUT2D eigenvalue weighted by Crippen LogP contribution is -1.97. The average molecular weight is 146 g/mol. The van der Waals surface area contributed by atoms with Crippen molar-refractivity contribution in [3.05, 3.63) is 12.2 Å². The zero-order valence-corrected chi connectivity index (χ0v) is 6.64. The van der Waals surface area contributed by atoms with E-state index in [2.05, 4.69) is 12.6 Å². The summed E-state index contributed by atoms with van der Waals surface area (Å²) in [5, 5.41) is 8.97. The molecule has 9 heavy (non-hydrogen) atoms. The highest BCUT2D eigenvalue weighted by Crippen LogP contribution is 1.93. The van der Waals surface area contributed by atoms with Gasteiger partial charge in [-0.05, 0) is 18.6 Å². The monoisotopic (exact) mass is 146 g/mol. The van der Waals surface area contributed by atoms with E-state index < -0.39 is 0 Å². The van der Waals surface area contributed by atoms with Crippen LogP contribution in [0.15, 0.2) is 12.2 Å². The average Bonchev–Trinajstić information content (AvgIpc) is 1.89. The van der Waals surface area contributed by atoms with Crippen LogP contribution >= 0.6 is 12.6 Å². The Labute approximate surface area is 62.2 Å². The van der Waals surface area contributed by atoms with Crippen LogP contribution < -0.4 is 0 Å². The molecule has 0 aliphatic heterocycles. The SMILES string of the molecule is CCC(O)C=CCCS. The molecule has 0 spiro atoms. The highest BCUT2D eigenvalue weighted by atomic mass is 32.1. The van der Waals surface area contributed by atoms with Gasteiger partial charge in [-0.1, -0.05) is 19.1 Å². The zero-order valence-electron chi connectivity index (χ0n) is 5.75. The topological polar surface area (TPSA) is 20.2 Å². The van der Waals surface area contributed by atoms with Crippen molar-refractivity contribution in [2.24, 2.45) is 0 Å². The van der Waals surface area contributed by atoms with Crippen molar-refractivity contribution < 1.29 is 5.11 Å². The smallest absolute Gasteiger partial charge is 0.0718 e. The van der Waals surface area contributed by atoms with Gasteiger partial charge in [0.25, 0.3) is 0 Å². The Morgan fingerprint density at radius 3 is 2.78 bits per heavy atom. The summed E-state index contributed by atoms with van der Waals surface area (Å²) in [6, 6.07) is 0. The molecule has 0 rings (SSSR count). The number of thiol groups is 1. The highest BCUT2D eigenvalue weighted by molar-refractivity contribution is 7.80. The third kappa shape index (κ3) is 5.93. The first-order valence-electron chi connectivity index (χ1n) is 3.26. The molecule has 0 heterocycles. The molecule has 0 fully saturated rings. The van der Waals surface area contributed by atoms with E-state index in [0.717, 1.165) is 18.6 Å². The normalized spacial score (nSPS) is 14.6. The van der Waals surface area contributed by atoms with E-state index in [4.69, 9.17) is 5.11 Å². The largest absolute Gasteiger partial charge is 0.389 e. The summed E-state index contributed by atoms with van der Waals surface area (Å²) in [7, 11) is 0. The van der Waals surface area contributed by atoms with Crippen LogP contribution in [0.25, 0.3) is 0 Å². The summed E-state index contributed by atoms with van der Waals surface area (Å²) < 4.78 is 0. The van der Waals surface area contributed by atoms with Gasteiger partial charge in [-0.25, -0.2) is 0 Å². The fourth-order valence-corrected chi connectivity index (χ4v) is 0.613. The first-order valence-corrected chi connectivity index (χ1v) is 3.90. The molecular formula is C7H14OS. The van der Waals surface area contributed by atoms with Crippen LogP contribution in [0.2, 0.25) is 0 Å². The van der Waals surface area contributed by atoms with Crippen LogP contribution in [0.4, 0.5) is 0 Å². The maximum atomic E-state index is 8.97. The zero-order chi connectivity index (χ0) is 7.11. The molecule has 0 aromatic carbocycles. The second-order valence-corrected chi connectivity index (χ2v) is 2.36. The minimum atomic E-state index is -0.259. The van der Waals surface area contributed by atoms with Crippen LogP contribution in [-0.4, -0.2) is 17.0 Å². The van der Waals surface area contributed by atoms with Gasteiger partial charge in [0, 0.05) is 0 Å². The van der Waals surface area contributed by atoms with Gasteiger partial charge < -0.3 is 5.11 Å². The van der Waals surface area contributed by atoms with Crippen molar-refractivity contribution in [3.63, 3.8) is 0 Å². The molecule has 54 valence electrons. The molecule has 0 aromatic rings. The fourth-order valence-electron chi connectivity index (χ4n) is 0.464. The molecule has 0 aromatic heterocycles. The van der Waals surface area contributed by atoms with Gasteiger partial charge in [0.15, 0.2) is 0 Å². The van der Waals surface area contributed by atoms with Crippen molar-refractivity contribution in [3.8, 4) is 0 Å². The summed E-state index contributed by atoms with van der Waals surface area (Å²) in [6.07, 6.45) is 5.26. The summed E-state index contributed by atoms with van der Waals surface area (Å²) >= 11 is 4.02. The molecule has 1 atom stereocenters. The standard InChI is InChI=1S/C7H14OS/c1-2-7(8)5-3-4-6-9/h3,5,7-9H,2,4,6H2,1H3. The Hall–Kier alpha value is 0.0500. The Morgan fingerprint density at radius 2 is 2.33 bits per heavy atom. The quantitative estimate of drug-likeness (QED) is 0.456. The van der Waals surface area contributed by atoms with Gasteiger partial charge in [0.2, 0.25) is 0 Å². The van der Waals surface area contributed by atoms with Crippen LogP contribution in [0, 0.1) is 0 Å². The lowest BCUT2D eigenvalue weighted by molar-refractivity contribution is 0.219. The minimum absolute atomic E-state index is 0.259. The Kier molecular flexibility index (Phi) is 6.21. The van der Waals surface area contributed by atoms with Gasteiger partial charge in [-0.15, -0.1) is 0 Å². The van der Waals surface area contributed by atoms with Crippen molar-refractivity contribution in [2.75, 3.05) is 5.75 Å². The summed E-state index contributed by atoms with van der Waals surface area (Å²) in [4.78, 5) is 0. The summed E-state index contributed by atoms with van der Waals surface area (Å²) in [5.41, 5.74) is 0. The molecule has 0 saturated carbocycles. The van der Waals surface area contributed by atoms with E-state index in [1.165, 1.54) is 0 Å². The predicted molar refractivity (Wildman–Crippen MR) is 43.9 cm³/mol. The van der Waals surface area contributed by atoms with E-state index in [-0.39, 0.29) is 6.10 Å². The summed E-state index contributed by atoms with van der Waals surface area (Å²) in [5.74, 6) is 0.854. The summed E-state index contributed by atoms with van der Waals surface area (Å²) in [6.45, 7) is 1.95. The number of rotatable bonds is 4. The molecule has 1 N–H and O–H groups in total. The third-order valence-corrected chi connectivity index (χ3v) is 1.33. The Balaban J connectivity index is 3.20. The van der Waals surface area contributed by atoms with Gasteiger partial charge >= 0.3 is 0 Å². The Morgan fingerprint density at radius 1 is 1.67 bits per heavy atom. The van der Waals surface area contributed by atoms with Crippen LogP contribution in [0.5, 0.6) is 0 Å². The molecule has 0 aliphatic rings. The second kappa shape index (κ2) is 6.17. The van der Waals surface area contributed by atoms with E-state index in [1.807, 2.05) is 19.1 Å². The maximum absolute atomic E-state index is 8.97. The van der Waals surface area contributed by atoms with Gasteiger partial charge in [-0.2, -0.15) is 12.6 Å². The van der Waals surface area contributed by atoms with Gasteiger partial charge in [-0.3, -0.25) is 0 Å². The van der Waals surface area contributed by atoms with Crippen molar-refractivity contribution in [1.29, 1.82) is 0 Å². The van der Waals surface area contributed by atoms with E-state index >= 15 is 0 Å². The number of hydrogen-bond acceptors (Lipinski definition) is 2. The first kappa shape index (κ1) is 9.05. The molecule has 2 heteroatoms. The van der Waals surface area contributed by atoms with Crippen LogP contribution in [-0.2, 0) is 0 Å². The highest BCUT2D eigenvalue weighted by Gasteiger charge is 1.89. The first-order chi connectivity index (χ1) is 4.31. The third-order valence-electron chi connectivity index (χ3n) is 1.07. The van der Waals surface area contributed by atoms with Crippen molar-refractivity contribution in [1.82, 2.24) is 0 Å². The Bertz CT molecular complexity index is 81.0. The van der Waals surface area contributed by atoms with Crippen molar-refractivity contribution in [2.45, 2.75) is 25.9 Å². The molecule has 0 saturated heterocycles. The molecule has 0 bridgehead atoms. The number of allylic oxidation sites excluding steroid dienone is 1. The number of aliphatic hydroxyl groups is 1. The van der Waals surface area contributed by atoms with Crippen LogP contribution in [0.1, 0.15) is 19.8 Å². The lowest BCUT2D eigenvalue weighted by atomic mass is 10.2. The lowest BCUT2D eigenvalue weighted by Gasteiger charge is -1.96. The fraction of sp³-hybridized carbons (Fsp3) is 0.714. The van der Waals surface area contributed by atoms with E-state index in [0.29, 0.717) is 0 Å². The van der Waals surface area contributed by atoms with Crippen LogP contribution in [0.3, 0.4) is 0 Å². The van der Waals surface area contributed by atoms with Gasteiger partial charge in [0.05, 0.1) is 6.10 Å². The van der Waals surface area contributed by atoms with Crippen molar-refractivity contribution >= 4 is 12.6 Å². The predicted octanol–water partition coefficient (Wildman–Crippen LogP) is 1.63. The number of aliphatic hydroxyl groups excluding tert-OH is 1. The van der Waals surface area contributed by atoms with E-state index in [1.54, 1.807) is 0 Å². The second-order valence-electron chi connectivity index (χ2n) is 1.92. The molecular weight excluding hydrogens is 132 g/mol. The molecule has 0 amide bonds. The van der Waals surface area contributed by atoms with Gasteiger partial charge in [0.1, 0.15) is 0 Å². The molecule has 0 radical (unpaired) electrons. The minimum Gasteiger partial charge on any atom is -0.389 e. The molecule has 0 aliphatic carbocycles. The molecule has 1 nitrogen and oxygen atoms in total. The van der Waals surface area contributed by atoms with E-state index in [9.17, 15) is 0 Å².